The van der Waals surface area contributed by atoms with E-state index in [0.29, 0.717) is 22.8 Å². The summed E-state index contributed by atoms with van der Waals surface area (Å²) < 4.78 is 16.2. The maximum Gasteiger partial charge on any atom is 0.191 e. The molecule has 0 atom stereocenters. The summed E-state index contributed by atoms with van der Waals surface area (Å²) in [6, 6.07) is 11.1. The lowest BCUT2D eigenvalue weighted by Crippen LogP contribution is -2.43. The molecule has 142 valence electrons. The summed E-state index contributed by atoms with van der Waals surface area (Å²) in [5.74, 6) is 1.76. The van der Waals surface area contributed by atoms with Crippen LogP contribution in [-0.4, -0.2) is 32.7 Å². The second kappa shape index (κ2) is 7.35. The zero-order valence-corrected chi connectivity index (χ0v) is 16.4. The van der Waals surface area contributed by atoms with Crippen molar-refractivity contribution < 1.29 is 19.0 Å². The zero-order chi connectivity index (χ0) is 19.6. The molecule has 0 aliphatic carbocycles. The average molecular weight is 367 g/mol. The van der Waals surface area contributed by atoms with Crippen molar-refractivity contribution in [3.05, 3.63) is 59.2 Å². The average Bonchev–Trinajstić information content (AvgIpc) is 2.66. The summed E-state index contributed by atoms with van der Waals surface area (Å²) in [5, 5.41) is 3.48. The van der Waals surface area contributed by atoms with Crippen molar-refractivity contribution in [3.63, 3.8) is 0 Å². The molecular weight excluding hydrogens is 342 g/mol. The number of ether oxygens (including phenoxy) is 3. The van der Waals surface area contributed by atoms with Crippen molar-refractivity contribution >= 4 is 11.5 Å². The number of nitrogens with one attached hydrogen (secondary N) is 1. The molecular formula is C22H25NO4. The number of allylic oxidation sites excluding steroid dienone is 1. The highest BCUT2D eigenvalue weighted by Gasteiger charge is 2.29. The van der Waals surface area contributed by atoms with Crippen LogP contribution in [-0.2, 0) is 6.42 Å². The minimum atomic E-state index is -0.195. The Bertz CT molecular complexity index is 899. The number of carbonyl (C=O) groups is 1. The van der Waals surface area contributed by atoms with Gasteiger partial charge in [-0.3, -0.25) is 4.79 Å². The van der Waals surface area contributed by atoms with Crippen molar-refractivity contribution in [3.8, 4) is 17.2 Å². The Kier molecular flexibility index (Phi) is 5.13. The van der Waals surface area contributed by atoms with Gasteiger partial charge in [-0.1, -0.05) is 12.1 Å². The molecule has 0 spiro atoms. The summed E-state index contributed by atoms with van der Waals surface area (Å²) in [4.78, 5) is 12.9. The molecule has 0 saturated heterocycles. The molecule has 0 amide bonds. The predicted molar refractivity (Wildman–Crippen MR) is 106 cm³/mol. The standard InChI is InChI=1S/C22H25NO4/c1-22(2)13-14-10-20(26-4)21(27-5)11-16(14)17(23-22)12-18(24)15-8-6-7-9-19(15)25-3/h6-12,23H,13H2,1-5H3/b17-12-. The van der Waals surface area contributed by atoms with Crippen molar-refractivity contribution in [2.45, 2.75) is 25.8 Å². The first kappa shape index (κ1) is 18.8. The van der Waals surface area contributed by atoms with Crippen molar-refractivity contribution in [2.24, 2.45) is 0 Å². The molecule has 0 fully saturated rings. The molecule has 3 rings (SSSR count). The summed E-state index contributed by atoms with van der Waals surface area (Å²) in [6.07, 6.45) is 2.44. The minimum Gasteiger partial charge on any atom is -0.496 e. The number of rotatable bonds is 5. The third-order valence-electron chi connectivity index (χ3n) is 4.65. The van der Waals surface area contributed by atoms with Crippen LogP contribution in [0.4, 0.5) is 0 Å². The first-order chi connectivity index (χ1) is 12.9. The van der Waals surface area contributed by atoms with Gasteiger partial charge in [0.25, 0.3) is 0 Å². The molecule has 0 radical (unpaired) electrons. The fourth-order valence-corrected chi connectivity index (χ4v) is 3.44. The van der Waals surface area contributed by atoms with E-state index in [0.717, 1.165) is 23.2 Å². The predicted octanol–water partition coefficient (Wildman–Crippen LogP) is 3.86. The summed E-state index contributed by atoms with van der Waals surface area (Å²) in [5.41, 5.74) is 3.14. The molecule has 1 aliphatic rings. The van der Waals surface area contributed by atoms with Crippen molar-refractivity contribution in [2.75, 3.05) is 21.3 Å². The maximum atomic E-state index is 12.9. The van der Waals surface area contributed by atoms with Crippen LogP contribution in [0.5, 0.6) is 17.2 Å². The van der Waals surface area contributed by atoms with Crippen LogP contribution in [0.25, 0.3) is 5.70 Å². The molecule has 1 aliphatic heterocycles. The lowest BCUT2D eigenvalue weighted by molar-refractivity contribution is 0.104. The summed E-state index contributed by atoms with van der Waals surface area (Å²) in [6.45, 7) is 4.21. The Balaban J connectivity index is 2.10. The molecule has 5 heteroatoms. The largest absolute Gasteiger partial charge is 0.496 e. The Hall–Kier alpha value is -2.95. The summed E-state index contributed by atoms with van der Waals surface area (Å²) in [7, 11) is 4.79. The van der Waals surface area contributed by atoms with Crippen LogP contribution >= 0.6 is 0 Å². The quantitative estimate of drug-likeness (QED) is 0.642. The molecule has 27 heavy (non-hydrogen) atoms. The van der Waals surface area contributed by atoms with E-state index in [1.54, 1.807) is 39.5 Å². The second-order valence-electron chi connectivity index (χ2n) is 7.17. The molecule has 2 aromatic carbocycles. The van der Waals surface area contributed by atoms with Crippen LogP contribution in [0.2, 0.25) is 0 Å². The van der Waals surface area contributed by atoms with Crippen molar-refractivity contribution in [1.29, 1.82) is 0 Å². The first-order valence-electron chi connectivity index (χ1n) is 8.81. The monoisotopic (exact) mass is 367 g/mol. The highest BCUT2D eigenvalue weighted by molar-refractivity contribution is 6.10. The van der Waals surface area contributed by atoms with Gasteiger partial charge in [0.15, 0.2) is 17.3 Å². The van der Waals surface area contributed by atoms with Gasteiger partial charge in [0.1, 0.15) is 5.75 Å². The van der Waals surface area contributed by atoms with E-state index >= 15 is 0 Å². The van der Waals surface area contributed by atoms with E-state index in [2.05, 4.69) is 19.2 Å². The number of ketones is 1. The lowest BCUT2D eigenvalue weighted by atomic mass is 9.85. The Morgan fingerprint density at radius 3 is 2.30 bits per heavy atom. The first-order valence-corrected chi connectivity index (χ1v) is 8.81. The van der Waals surface area contributed by atoms with E-state index in [9.17, 15) is 4.79 Å². The number of para-hydroxylation sites is 1. The summed E-state index contributed by atoms with van der Waals surface area (Å²) >= 11 is 0. The fraction of sp³-hybridized carbons (Fsp3) is 0.318. The van der Waals surface area contributed by atoms with E-state index in [1.807, 2.05) is 24.3 Å². The van der Waals surface area contributed by atoms with Gasteiger partial charge in [0, 0.05) is 22.9 Å². The molecule has 0 unspecified atom stereocenters. The highest BCUT2D eigenvalue weighted by atomic mass is 16.5. The Labute approximate surface area is 159 Å². The van der Waals surface area contributed by atoms with E-state index in [4.69, 9.17) is 14.2 Å². The fourth-order valence-electron chi connectivity index (χ4n) is 3.44. The lowest BCUT2D eigenvalue weighted by Gasteiger charge is -2.36. The molecule has 1 heterocycles. The topological polar surface area (TPSA) is 56.8 Å². The van der Waals surface area contributed by atoms with Gasteiger partial charge < -0.3 is 19.5 Å². The van der Waals surface area contributed by atoms with Crippen LogP contribution in [0.15, 0.2) is 42.5 Å². The van der Waals surface area contributed by atoms with Crippen LogP contribution in [0.1, 0.15) is 35.3 Å². The molecule has 1 N–H and O–H groups in total. The van der Waals surface area contributed by atoms with Gasteiger partial charge in [0.05, 0.1) is 26.9 Å². The van der Waals surface area contributed by atoms with E-state index < -0.39 is 0 Å². The van der Waals surface area contributed by atoms with E-state index in [1.165, 1.54) is 0 Å². The number of hydrogen-bond acceptors (Lipinski definition) is 5. The molecule has 0 aromatic heterocycles. The highest BCUT2D eigenvalue weighted by Crippen LogP contribution is 2.38. The Morgan fingerprint density at radius 1 is 1.00 bits per heavy atom. The van der Waals surface area contributed by atoms with Crippen LogP contribution in [0, 0.1) is 0 Å². The number of benzene rings is 2. The zero-order valence-electron chi connectivity index (χ0n) is 16.4. The SMILES string of the molecule is COc1cc2c(cc1OC)/C(=C/C(=O)c1ccccc1OC)NC(C)(C)C2. The van der Waals surface area contributed by atoms with Gasteiger partial charge in [-0.05, 0) is 50.1 Å². The van der Waals surface area contributed by atoms with Crippen LogP contribution in [0.3, 0.4) is 0 Å². The van der Waals surface area contributed by atoms with Crippen molar-refractivity contribution in [1.82, 2.24) is 5.32 Å². The van der Waals surface area contributed by atoms with Gasteiger partial charge in [-0.2, -0.15) is 0 Å². The van der Waals surface area contributed by atoms with Crippen LogP contribution < -0.4 is 19.5 Å². The number of carbonyl (C=O) groups excluding carboxylic acids is 1. The number of fused-ring (bicyclic) bond motifs is 1. The third kappa shape index (κ3) is 3.77. The maximum absolute atomic E-state index is 12.9. The van der Waals surface area contributed by atoms with Gasteiger partial charge >= 0.3 is 0 Å². The Morgan fingerprint density at radius 2 is 1.63 bits per heavy atom. The second-order valence-corrected chi connectivity index (χ2v) is 7.17. The van der Waals surface area contributed by atoms with Gasteiger partial charge in [0.2, 0.25) is 0 Å². The van der Waals surface area contributed by atoms with Gasteiger partial charge in [-0.15, -0.1) is 0 Å². The normalized spacial score (nSPS) is 16.3. The minimum absolute atomic E-state index is 0.117. The molecule has 5 nitrogen and oxygen atoms in total. The molecule has 0 bridgehead atoms. The van der Waals surface area contributed by atoms with Gasteiger partial charge in [-0.25, -0.2) is 0 Å². The molecule has 2 aromatic rings. The third-order valence-corrected chi connectivity index (χ3v) is 4.65. The number of hydrogen-bond donors (Lipinski definition) is 1. The number of methoxy groups -OCH3 is 3. The molecule has 0 saturated carbocycles. The smallest absolute Gasteiger partial charge is 0.191 e. The van der Waals surface area contributed by atoms with E-state index in [-0.39, 0.29) is 11.3 Å².